The van der Waals surface area contributed by atoms with Gasteiger partial charge >= 0.3 is 0 Å². The predicted octanol–water partition coefficient (Wildman–Crippen LogP) is 5.66. The molecule has 0 aromatic carbocycles. The van der Waals surface area contributed by atoms with Crippen LogP contribution in [0.5, 0.6) is 0 Å². The van der Waals surface area contributed by atoms with E-state index in [1.165, 1.54) is 44.9 Å². The summed E-state index contributed by atoms with van der Waals surface area (Å²) >= 11 is 9.59. The van der Waals surface area contributed by atoms with Gasteiger partial charge in [0, 0.05) is 16.7 Å². The summed E-state index contributed by atoms with van der Waals surface area (Å²) in [5, 5.41) is 4.14. The Morgan fingerprint density at radius 1 is 1.37 bits per heavy atom. The molecule has 0 amide bonds. The molecule has 1 saturated carbocycles. The Labute approximate surface area is 129 Å². The topological polar surface area (TPSA) is 24.9 Å². The molecular weight excluding hydrogens is 324 g/mol. The van der Waals surface area contributed by atoms with Gasteiger partial charge in [0.2, 0.25) is 0 Å². The monoisotopic (exact) mass is 344 g/mol. The second-order valence-electron chi connectivity index (χ2n) is 5.50. The van der Waals surface area contributed by atoms with Gasteiger partial charge in [0.1, 0.15) is 0 Å². The molecule has 2 nitrogen and oxygen atoms in total. The first kappa shape index (κ1) is 15.1. The highest BCUT2D eigenvalue weighted by Crippen LogP contribution is 2.30. The zero-order valence-corrected chi connectivity index (χ0v) is 13.8. The summed E-state index contributed by atoms with van der Waals surface area (Å²) in [5.74, 6) is 0.924. The van der Waals surface area contributed by atoms with E-state index in [0.717, 1.165) is 16.1 Å². The summed E-state index contributed by atoms with van der Waals surface area (Å²) in [7, 11) is 0. The lowest BCUT2D eigenvalue weighted by atomic mass is 9.95. The molecule has 2 rings (SSSR count). The first-order valence-corrected chi connectivity index (χ1v) is 8.43. The third-order valence-electron chi connectivity index (χ3n) is 3.95. The summed E-state index contributed by atoms with van der Waals surface area (Å²) in [4.78, 5) is 4.17. The number of anilines is 1. The molecule has 0 saturated heterocycles. The minimum Gasteiger partial charge on any atom is -0.380 e. The van der Waals surface area contributed by atoms with Crippen LogP contribution in [-0.4, -0.2) is 11.0 Å². The molecule has 106 valence electrons. The lowest BCUT2D eigenvalue weighted by molar-refractivity contribution is 0.422. The van der Waals surface area contributed by atoms with Gasteiger partial charge in [-0.15, -0.1) is 0 Å². The molecule has 1 aromatic heterocycles. The Kier molecular flexibility index (Phi) is 5.96. The van der Waals surface area contributed by atoms with Gasteiger partial charge in [-0.2, -0.15) is 0 Å². The molecule has 2 atom stereocenters. The molecule has 1 aliphatic rings. The van der Waals surface area contributed by atoms with Gasteiger partial charge in [-0.25, -0.2) is 4.98 Å². The number of pyridine rings is 1. The molecule has 0 aliphatic heterocycles. The van der Waals surface area contributed by atoms with Crippen LogP contribution in [0.25, 0.3) is 0 Å². The van der Waals surface area contributed by atoms with E-state index in [1.54, 1.807) is 6.20 Å². The average molecular weight is 346 g/mol. The van der Waals surface area contributed by atoms with E-state index in [4.69, 9.17) is 11.6 Å². The summed E-state index contributed by atoms with van der Waals surface area (Å²) in [6.45, 7) is 2.29. The highest BCUT2D eigenvalue weighted by Gasteiger charge is 2.19. The normalized spacial score (nSPS) is 23.9. The Hall–Kier alpha value is -0.280. The van der Waals surface area contributed by atoms with E-state index < -0.39 is 0 Å². The van der Waals surface area contributed by atoms with E-state index in [9.17, 15) is 0 Å². The number of nitrogens with zero attached hydrogens (tertiary/aromatic N) is 1. The average Bonchev–Trinajstić information content (AvgIpc) is 2.60. The van der Waals surface area contributed by atoms with Gasteiger partial charge in [0.25, 0.3) is 0 Å². The summed E-state index contributed by atoms with van der Waals surface area (Å²) < 4.78 is 0.969. The molecule has 4 heteroatoms. The second-order valence-corrected chi connectivity index (χ2v) is 6.77. The zero-order chi connectivity index (χ0) is 13.7. The van der Waals surface area contributed by atoms with Gasteiger partial charge in [-0.1, -0.05) is 44.2 Å². The van der Waals surface area contributed by atoms with Crippen LogP contribution in [0.4, 0.5) is 5.69 Å². The predicted molar refractivity (Wildman–Crippen MR) is 85.8 cm³/mol. The molecule has 1 aliphatic carbocycles. The minimum absolute atomic E-state index is 0.537. The van der Waals surface area contributed by atoms with Crippen molar-refractivity contribution in [2.24, 2.45) is 5.92 Å². The van der Waals surface area contributed by atoms with Crippen molar-refractivity contribution in [2.75, 3.05) is 5.32 Å². The van der Waals surface area contributed by atoms with Crippen molar-refractivity contribution in [1.29, 1.82) is 0 Å². The summed E-state index contributed by atoms with van der Waals surface area (Å²) in [6, 6.07) is 2.56. The molecule has 0 spiro atoms. The SMILES string of the molecule is CCCC1CCCC(Nc2cc(Br)cnc2Cl)CC1. The molecule has 0 radical (unpaired) electrons. The number of hydrogen-bond donors (Lipinski definition) is 1. The fourth-order valence-electron chi connectivity index (χ4n) is 2.96. The number of aromatic nitrogens is 1. The maximum Gasteiger partial charge on any atom is 0.152 e. The van der Waals surface area contributed by atoms with Crippen LogP contribution in [0.15, 0.2) is 16.7 Å². The first-order chi connectivity index (χ1) is 9.19. The van der Waals surface area contributed by atoms with Gasteiger partial charge in [0.15, 0.2) is 5.15 Å². The van der Waals surface area contributed by atoms with Gasteiger partial charge in [-0.05, 0) is 47.2 Å². The van der Waals surface area contributed by atoms with E-state index in [0.29, 0.717) is 11.2 Å². The van der Waals surface area contributed by atoms with E-state index in [2.05, 4.69) is 33.2 Å². The van der Waals surface area contributed by atoms with Crippen LogP contribution < -0.4 is 5.32 Å². The smallest absolute Gasteiger partial charge is 0.152 e. The van der Waals surface area contributed by atoms with E-state index >= 15 is 0 Å². The van der Waals surface area contributed by atoms with E-state index in [-0.39, 0.29) is 0 Å². The van der Waals surface area contributed by atoms with Crippen molar-refractivity contribution in [1.82, 2.24) is 4.98 Å². The van der Waals surface area contributed by atoms with Crippen molar-refractivity contribution in [3.8, 4) is 0 Å². The minimum atomic E-state index is 0.537. The molecule has 1 fully saturated rings. The number of hydrogen-bond acceptors (Lipinski definition) is 2. The quantitative estimate of drug-likeness (QED) is 0.562. The Balaban J connectivity index is 1.94. The molecule has 2 unspecified atom stereocenters. The number of rotatable bonds is 4. The number of nitrogens with one attached hydrogen (secondary N) is 1. The van der Waals surface area contributed by atoms with Crippen molar-refractivity contribution in [3.05, 3.63) is 21.9 Å². The molecule has 1 aromatic rings. The van der Waals surface area contributed by atoms with E-state index in [1.807, 2.05) is 6.07 Å². The lowest BCUT2D eigenvalue weighted by Gasteiger charge is -2.18. The number of halogens is 2. The Morgan fingerprint density at radius 3 is 3.00 bits per heavy atom. The fraction of sp³-hybridized carbons (Fsp3) is 0.667. The van der Waals surface area contributed by atoms with Crippen LogP contribution in [-0.2, 0) is 0 Å². The molecule has 1 heterocycles. The largest absolute Gasteiger partial charge is 0.380 e. The third kappa shape index (κ3) is 4.64. The second kappa shape index (κ2) is 7.49. The Morgan fingerprint density at radius 2 is 2.21 bits per heavy atom. The highest BCUT2D eigenvalue weighted by molar-refractivity contribution is 9.10. The van der Waals surface area contributed by atoms with Crippen LogP contribution in [0.2, 0.25) is 5.15 Å². The van der Waals surface area contributed by atoms with Gasteiger partial charge in [-0.3, -0.25) is 0 Å². The summed E-state index contributed by atoms with van der Waals surface area (Å²) in [5.41, 5.74) is 0.954. The Bertz CT molecular complexity index is 411. The van der Waals surface area contributed by atoms with Crippen molar-refractivity contribution < 1.29 is 0 Å². The third-order valence-corrected chi connectivity index (χ3v) is 4.69. The van der Waals surface area contributed by atoms with Crippen LogP contribution in [0.3, 0.4) is 0 Å². The fourth-order valence-corrected chi connectivity index (χ4v) is 3.45. The first-order valence-electron chi connectivity index (χ1n) is 7.26. The maximum atomic E-state index is 6.14. The maximum absolute atomic E-state index is 6.14. The molecule has 19 heavy (non-hydrogen) atoms. The van der Waals surface area contributed by atoms with Crippen molar-refractivity contribution in [3.63, 3.8) is 0 Å². The molecule has 1 N–H and O–H groups in total. The van der Waals surface area contributed by atoms with Gasteiger partial charge in [0.05, 0.1) is 5.69 Å². The summed E-state index contributed by atoms with van der Waals surface area (Å²) in [6.07, 6.45) is 11.0. The van der Waals surface area contributed by atoms with Crippen LogP contribution >= 0.6 is 27.5 Å². The van der Waals surface area contributed by atoms with Crippen LogP contribution in [0, 0.1) is 5.92 Å². The zero-order valence-electron chi connectivity index (χ0n) is 11.5. The standard InChI is InChI=1S/C15H22BrClN2/c1-2-4-11-5-3-6-13(8-7-11)19-14-9-12(16)10-18-15(14)17/h9-11,13,19H,2-8H2,1H3. The molecule has 0 bridgehead atoms. The van der Waals surface area contributed by atoms with Gasteiger partial charge < -0.3 is 5.32 Å². The van der Waals surface area contributed by atoms with Crippen molar-refractivity contribution >= 4 is 33.2 Å². The highest BCUT2D eigenvalue weighted by atomic mass is 79.9. The lowest BCUT2D eigenvalue weighted by Crippen LogP contribution is -2.18. The molecular formula is C15H22BrClN2. The van der Waals surface area contributed by atoms with Crippen LogP contribution in [0.1, 0.15) is 51.9 Å². The van der Waals surface area contributed by atoms with Crippen molar-refractivity contribution in [2.45, 2.75) is 57.9 Å².